The van der Waals surface area contributed by atoms with Gasteiger partial charge < -0.3 is 14.3 Å². The van der Waals surface area contributed by atoms with Crippen LogP contribution in [0.15, 0.2) is 96.6 Å². The van der Waals surface area contributed by atoms with E-state index >= 15 is 0 Å². The average Bonchev–Trinajstić information content (AvgIpc) is 3.64. The van der Waals surface area contributed by atoms with E-state index < -0.39 is 0 Å². The summed E-state index contributed by atoms with van der Waals surface area (Å²) in [5.41, 5.74) is 6.03. The van der Waals surface area contributed by atoms with Crippen LogP contribution in [0.3, 0.4) is 0 Å². The van der Waals surface area contributed by atoms with Crippen molar-refractivity contribution in [1.82, 2.24) is 19.5 Å². The van der Waals surface area contributed by atoms with Gasteiger partial charge in [-0.2, -0.15) is 0 Å². The molecule has 2 aromatic carbocycles. The molecule has 0 bridgehead atoms. The lowest BCUT2D eigenvalue weighted by Crippen LogP contribution is -1.93. The van der Waals surface area contributed by atoms with Crippen molar-refractivity contribution in [3.05, 3.63) is 96.6 Å². The normalized spacial score (nSPS) is 11.2. The summed E-state index contributed by atoms with van der Waals surface area (Å²) in [6.07, 6.45) is 3.88. The van der Waals surface area contributed by atoms with E-state index in [9.17, 15) is 0 Å². The molecule has 0 saturated heterocycles. The van der Waals surface area contributed by atoms with Crippen molar-refractivity contribution >= 4 is 22.4 Å². The molecule has 0 saturated carbocycles. The summed E-state index contributed by atoms with van der Waals surface area (Å²) in [7, 11) is 1.68. The molecule has 6 heteroatoms. The molecule has 0 spiro atoms. The van der Waals surface area contributed by atoms with Crippen molar-refractivity contribution in [3.63, 3.8) is 0 Å². The second-order valence-electron chi connectivity index (χ2n) is 7.66. The molecule has 160 valence electrons. The van der Waals surface area contributed by atoms with E-state index in [4.69, 9.17) is 9.72 Å². The molecular weight excluding hydrogens is 428 g/mol. The first-order valence-corrected chi connectivity index (χ1v) is 11.5. The van der Waals surface area contributed by atoms with Crippen LogP contribution in [-0.4, -0.2) is 26.6 Å². The van der Waals surface area contributed by atoms with E-state index in [2.05, 4.69) is 80.7 Å². The Morgan fingerprint density at radius 2 is 1.70 bits per heavy atom. The van der Waals surface area contributed by atoms with Crippen molar-refractivity contribution in [2.75, 3.05) is 7.11 Å². The zero-order chi connectivity index (χ0) is 22.2. The van der Waals surface area contributed by atoms with E-state index in [0.717, 1.165) is 55.7 Å². The third-order valence-electron chi connectivity index (χ3n) is 5.70. The topological polar surface area (TPSA) is 55.7 Å². The van der Waals surface area contributed by atoms with Crippen molar-refractivity contribution in [1.29, 1.82) is 0 Å². The lowest BCUT2D eigenvalue weighted by atomic mass is 10.0. The molecule has 5 nitrogen and oxygen atoms in total. The number of methoxy groups -OCH3 is 1. The summed E-state index contributed by atoms with van der Waals surface area (Å²) in [6.45, 7) is 0. The second kappa shape index (κ2) is 8.07. The zero-order valence-corrected chi connectivity index (χ0v) is 18.7. The molecule has 0 aliphatic heterocycles. The molecule has 1 N–H and O–H groups in total. The Kier molecular flexibility index (Phi) is 4.78. The van der Waals surface area contributed by atoms with Gasteiger partial charge in [0.05, 0.1) is 23.4 Å². The Balaban J connectivity index is 1.44. The highest BCUT2D eigenvalue weighted by atomic mass is 32.1. The highest BCUT2D eigenvalue weighted by molar-refractivity contribution is 7.13. The van der Waals surface area contributed by atoms with Crippen LogP contribution in [-0.2, 0) is 0 Å². The molecule has 0 radical (unpaired) electrons. The van der Waals surface area contributed by atoms with Gasteiger partial charge in [0.25, 0.3) is 0 Å². The van der Waals surface area contributed by atoms with Crippen LogP contribution in [0.4, 0.5) is 0 Å². The minimum absolute atomic E-state index is 0.829. The number of H-pyrrole nitrogens is 1. The zero-order valence-electron chi connectivity index (χ0n) is 17.9. The number of nitrogens with zero attached hydrogens (tertiary/aromatic N) is 3. The molecule has 0 aliphatic rings. The fourth-order valence-electron chi connectivity index (χ4n) is 4.03. The van der Waals surface area contributed by atoms with E-state index in [1.54, 1.807) is 18.4 Å². The van der Waals surface area contributed by atoms with Crippen LogP contribution in [0.1, 0.15) is 0 Å². The van der Waals surface area contributed by atoms with Crippen molar-refractivity contribution in [2.45, 2.75) is 0 Å². The molecule has 6 aromatic rings. The van der Waals surface area contributed by atoms with Crippen LogP contribution in [0.5, 0.6) is 5.75 Å². The maximum absolute atomic E-state index is 5.33. The van der Waals surface area contributed by atoms with Crippen LogP contribution < -0.4 is 4.74 Å². The SMILES string of the molecule is COc1ccc(-c2[nH]c(-c3cccs3)nc2-c2ccc(-n3ccc4cccnc43)cc2)cc1. The predicted molar refractivity (Wildman–Crippen MR) is 134 cm³/mol. The Labute approximate surface area is 195 Å². The monoisotopic (exact) mass is 448 g/mol. The Bertz CT molecular complexity index is 1530. The fraction of sp³-hybridized carbons (Fsp3) is 0.0370. The maximum Gasteiger partial charge on any atom is 0.148 e. The summed E-state index contributed by atoms with van der Waals surface area (Å²) in [5, 5.41) is 3.19. The highest BCUT2D eigenvalue weighted by Gasteiger charge is 2.16. The van der Waals surface area contributed by atoms with Crippen LogP contribution >= 0.6 is 11.3 Å². The van der Waals surface area contributed by atoms with Crippen LogP contribution in [0.2, 0.25) is 0 Å². The molecule has 0 unspecified atom stereocenters. The van der Waals surface area contributed by atoms with Crippen molar-refractivity contribution in [2.24, 2.45) is 0 Å². The van der Waals surface area contributed by atoms with E-state index in [0.29, 0.717) is 0 Å². The Hall–Kier alpha value is -4.16. The number of aromatic amines is 1. The van der Waals surface area contributed by atoms with Gasteiger partial charge in [0.1, 0.15) is 17.2 Å². The molecule has 0 fully saturated rings. The summed E-state index contributed by atoms with van der Waals surface area (Å²) in [6, 6.07) is 26.7. The number of thiophene rings is 1. The molecular formula is C27H20N4OS. The summed E-state index contributed by atoms with van der Waals surface area (Å²) < 4.78 is 7.43. The number of fused-ring (bicyclic) bond motifs is 1. The van der Waals surface area contributed by atoms with Gasteiger partial charge in [0.15, 0.2) is 0 Å². The number of hydrogen-bond donors (Lipinski definition) is 1. The van der Waals surface area contributed by atoms with Gasteiger partial charge in [-0.15, -0.1) is 11.3 Å². The predicted octanol–water partition coefficient (Wildman–Crippen LogP) is 6.82. The number of nitrogens with one attached hydrogen (secondary N) is 1. The molecule has 4 heterocycles. The maximum atomic E-state index is 5.33. The third kappa shape index (κ3) is 3.50. The largest absolute Gasteiger partial charge is 0.497 e. The number of aromatic nitrogens is 4. The van der Waals surface area contributed by atoms with E-state index in [1.807, 2.05) is 30.5 Å². The number of rotatable bonds is 5. The standard InChI is InChI=1S/C27H20N4OS/c1-32-22-12-8-19(9-13-22)25-24(29-26(30-25)23-5-3-17-33-23)18-6-10-21(11-7-18)31-16-14-20-4-2-15-28-27(20)31/h2-17H,1H3,(H,29,30). The highest BCUT2D eigenvalue weighted by Crippen LogP contribution is 2.35. The number of ether oxygens (including phenoxy) is 1. The van der Waals surface area contributed by atoms with Gasteiger partial charge in [-0.05, 0) is 66.0 Å². The lowest BCUT2D eigenvalue weighted by molar-refractivity contribution is 0.415. The smallest absolute Gasteiger partial charge is 0.148 e. The van der Waals surface area contributed by atoms with E-state index in [1.165, 1.54) is 0 Å². The lowest BCUT2D eigenvalue weighted by Gasteiger charge is -2.08. The first kappa shape index (κ1) is 19.5. The van der Waals surface area contributed by atoms with Gasteiger partial charge in [-0.25, -0.2) is 9.97 Å². The van der Waals surface area contributed by atoms with Gasteiger partial charge >= 0.3 is 0 Å². The molecule has 33 heavy (non-hydrogen) atoms. The Morgan fingerprint density at radius 1 is 0.879 bits per heavy atom. The minimum atomic E-state index is 0.829. The van der Waals surface area contributed by atoms with Crippen molar-refractivity contribution in [3.8, 4) is 44.7 Å². The average molecular weight is 449 g/mol. The molecule has 0 atom stereocenters. The molecule has 0 aliphatic carbocycles. The third-order valence-corrected chi connectivity index (χ3v) is 6.58. The van der Waals surface area contributed by atoms with Crippen LogP contribution in [0, 0.1) is 0 Å². The summed E-state index contributed by atoms with van der Waals surface area (Å²) in [4.78, 5) is 14.2. The minimum Gasteiger partial charge on any atom is -0.497 e. The fourth-order valence-corrected chi connectivity index (χ4v) is 4.70. The number of benzene rings is 2. The molecule has 4 aromatic heterocycles. The second-order valence-corrected chi connectivity index (χ2v) is 8.61. The number of pyridine rings is 1. The number of imidazole rings is 1. The van der Waals surface area contributed by atoms with E-state index in [-0.39, 0.29) is 0 Å². The van der Waals surface area contributed by atoms with Crippen LogP contribution in [0.25, 0.3) is 49.9 Å². The number of hydrogen-bond acceptors (Lipinski definition) is 4. The molecule has 6 rings (SSSR count). The van der Waals surface area contributed by atoms with Gasteiger partial charge in [-0.3, -0.25) is 0 Å². The van der Waals surface area contributed by atoms with Gasteiger partial charge in [-0.1, -0.05) is 18.2 Å². The summed E-state index contributed by atoms with van der Waals surface area (Å²) >= 11 is 1.67. The quantitative estimate of drug-likeness (QED) is 0.315. The van der Waals surface area contributed by atoms with Crippen molar-refractivity contribution < 1.29 is 4.74 Å². The Morgan fingerprint density at radius 3 is 2.45 bits per heavy atom. The van der Waals surface area contributed by atoms with Gasteiger partial charge in [0.2, 0.25) is 0 Å². The van der Waals surface area contributed by atoms with Gasteiger partial charge in [0, 0.05) is 34.6 Å². The first-order valence-electron chi connectivity index (χ1n) is 10.6. The molecule has 0 amide bonds. The summed E-state index contributed by atoms with van der Waals surface area (Å²) in [5.74, 6) is 1.70. The first-order chi connectivity index (χ1) is 16.3.